The Labute approximate surface area is 121 Å². The average Bonchev–Trinajstić information content (AvgIpc) is 3.16. The molecule has 114 valence electrons. The molecule has 3 rings (SSSR count). The summed E-state index contributed by atoms with van der Waals surface area (Å²) in [6.45, 7) is 6.01. The lowest BCUT2D eigenvalue weighted by molar-refractivity contribution is -0.119. The van der Waals surface area contributed by atoms with E-state index >= 15 is 0 Å². The fraction of sp³-hybridized carbons (Fsp3) is 0.933. The first-order valence-corrected chi connectivity index (χ1v) is 8.14. The fourth-order valence-corrected chi connectivity index (χ4v) is 3.90. The van der Waals surface area contributed by atoms with Gasteiger partial charge in [0.25, 0.3) is 0 Å². The van der Waals surface area contributed by atoms with Crippen molar-refractivity contribution in [3.8, 4) is 0 Å². The quantitative estimate of drug-likeness (QED) is 0.753. The van der Waals surface area contributed by atoms with Crippen molar-refractivity contribution in [3.05, 3.63) is 0 Å². The van der Waals surface area contributed by atoms with E-state index in [2.05, 4.69) is 22.0 Å². The van der Waals surface area contributed by atoms with Crippen molar-refractivity contribution in [2.75, 3.05) is 26.2 Å². The van der Waals surface area contributed by atoms with Crippen LogP contribution in [0.25, 0.3) is 0 Å². The van der Waals surface area contributed by atoms with Crippen molar-refractivity contribution in [1.82, 2.24) is 15.1 Å². The Morgan fingerprint density at radius 3 is 2.50 bits per heavy atom. The van der Waals surface area contributed by atoms with Gasteiger partial charge in [-0.25, -0.2) is 0 Å². The van der Waals surface area contributed by atoms with Gasteiger partial charge in [0, 0.05) is 43.8 Å². The molecular formula is C15H28N4O. The van der Waals surface area contributed by atoms with Crippen molar-refractivity contribution < 1.29 is 4.79 Å². The summed E-state index contributed by atoms with van der Waals surface area (Å²) >= 11 is 0. The van der Waals surface area contributed by atoms with Crippen molar-refractivity contribution in [2.24, 2.45) is 5.73 Å². The van der Waals surface area contributed by atoms with Gasteiger partial charge in [0.05, 0.1) is 6.54 Å². The Kier molecular flexibility index (Phi) is 4.29. The third-order valence-corrected chi connectivity index (χ3v) is 5.08. The SMILES string of the molecule is C[C@@H]1C[C@H](NC2CCN(CC(N)=O)CC2)CN1C1CC1. The summed E-state index contributed by atoms with van der Waals surface area (Å²) in [5.41, 5.74) is 5.25. The minimum Gasteiger partial charge on any atom is -0.369 e. The number of rotatable bonds is 5. The summed E-state index contributed by atoms with van der Waals surface area (Å²) in [7, 11) is 0. The lowest BCUT2D eigenvalue weighted by atomic mass is 10.0. The normalized spacial score (nSPS) is 33.6. The predicted molar refractivity (Wildman–Crippen MR) is 79.4 cm³/mol. The maximum Gasteiger partial charge on any atom is 0.231 e. The van der Waals surface area contributed by atoms with Gasteiger partial charge >= 0.3 is 0 Å². The Morgan fingerprint density at radius 2 is 1.90 bits per heavy atom. The van der Waals surface area contributed by atoms with Gasteiger partial charge in [-0.1, -0.05) is 0 Å². The number of nitrogens with two attached hydrogens (primary N) is 1. The maximum absolute atomic E-state index is 10.9. The van der Waals surface area contributed by atoms with E-state index in [4.69, 9.17) is 5.73 Å². The standard InChI is InChI=1S/C15H28N4O/c1-11-8-13(9-19(11)14-2-3-14)17-12-4-6-18(7-5-12)10-15(16)20/h11-14,17H,2-10H2,1H3,(H2,16,20)/t11-,13+/m1/s1. The van der Waals surface area contributed by atoms with E-state index in [0.29, 0.717) is 18.6 Å². The molecule has 0 aromatic heterocycles. The summed E-state index contributed by atoms with van der Waals surface area (Å²) < 4.78 is 0. The second-order valence-corrected chi connectivity index (χ2v) is 6.89. The summed E-state index contributed by atoms with van der Waals surface area (Å²) in [5.74, 6) is -0.207. The Morgan fingerprint density at radius 1 is 1.20 bits per heavy atom. The summed E-state index contributed by atoms with van der Waals surface area (Å²) in [4.78, 5) is 15.8. The van der Waals surface area contributed by atoms with Crippen LogP contribution in [0, 0.1) is 0 Å². The molecule has 5 nitrogen and oxygen atoms in total. The summed E-state index contributed by atoms with van der Waals surface area (Å²) in [6, 6.07) is 2.91. The van der Waals surface area contributed by atoms with Crippen molar-refractivity contribution in [1.29, 1.82) is 0 Å². The fourth-order valence-electron chi connectivity index (χ4n) is 3.90. The molecule has 0 radical (unpaired) electrons. The number of amides is 1. The lowest BCUT2D eigenvalue weighted by Crippen LogP contribution is -2.48. The van der Waals surface area contributed by atoms with Crippen LogP contribution in [0.4, 0.5) is 0 Å². The number of likely N-dealkylation sites (tertiary alicyclic amines) is 2. The van der Waals surface area contributed by atoms with Crippen LogP contribution in [0.5, 0.6) is 0 Å². The molecule has 5 heteroatoms. The number of carbonyl (C=O) groups excluding carboxylic acids is 1. The highest BCUT2D eigenvalue weighted by Crippen LogP contribution is 2.33. The van der Waals surface area contributed by atoms with Crippen molar-refractivity contribution in [3.63, 3.8) is 0 Å². The van der Waals surface area contributed by atoms with Gasteiger partial charge in [0.1, 0.15) is 0 Å². The van der Waals surface area contributed by atoms with Crippen LogP contribution >= 0.6 is 0 Å². The first-order chi connectivity index (χ1) is 9.61. The maximum atomic E-state index is 10.9. The van der Waals surface area contributed by atoms with E-state index in [1.54, 1.807) is 0 Å². The molecule has 2 aliphatic heterocycles. The van der Waals surface area contributed by atoms with E-state index in [9.17, 15) is 4.79 Å². The molecule has 1 amide bonds. The minimum atomic E-state index is -0.207. The van der Waals surface area contributed by atoms with E-state index in [0.717, 1.165) is 38.0 Å². The zero-order valence-electron chi connectivity index (χ0n) is 12.6. The third kappa shape index (κ3) is 3.51. The van der Waals surface area contributed by atoms with Gasteiger partial charge in [-0.2, -0.15) is 0 Å². The molecule has 20 heavy (non-hydrogen) atoms. The van der Waals surface area contributed by atoms with Crippen LogP contribution in [-0.4, -0.2) is 66.1 Å². The highest BCUT2D eigenvalue weighted by atomic mass is 16.1. The largest absolute Gasteiger partial charge is 0.369 e. The first-order valence-electron chi connectivity index (χ1n) is 8.14. The summed E-state index contributed by atoms with van der Waals surface area (Å²) in [6.07, 6.45) is 6.38. The molecule has 3 fully saturated rings. The smallest absolute Gasteiger partial charge is 0.231 e. The number of nitrogens with zero attached hydrogens (tertiary/aromatic N) is 2. The van der Waals surface area contributed by atoms with E-state index < -0.39 is 0 Å². The molecule has 0 aromatic rings. The monoisotopic (exact) mass is 280 g/mol. The molecule has 3 aliphatic rings. The first kappa shape index (κ1) is 14.3. The Balaban J connectivity index is 1.40. The van der Waals surface area contributed by atoms with Gasteiger partial charge in [-0.05, 0) is 39.0 Å². The zero-order valence-corrected chi connectivity index (χ0v) is 12.6. The zero-order chi connectivity index (χ0) is 14.1. The highest BCUT2D eigenvalue weighted by molar-refractivity contribution is 5.75. The molecule has 0 bridgehead atoms. The molecular weight excluding hydrogens is 252 g/mol. The molecule has 0 aromatic carbocycles. The Bertz CT molecular complexity index is 350. The van der Waals surface area contributed by atoms with Crippen molar-refractivity contribution >= 4 is 5.91 Å². The molecule has 2 atom stereocenters. The van der Waals surface area contributed by atoms with E-state index in [-0.39, 0.29) is 5.91 Å². The molecule has 2 saturated heterocycles. The van der Waals surface area contributed by atoms with Gasteiger partial charge in [0.15, 0.2) is 0 Å². The number of hydrogen-bond acceptors (Lipinski definition) is 4. The molecule has 0 spiro atoms. The van der Waals surface area contributed by atoms with Gasteiger partial charge in [0.2, 0.25) is 5.91 Å². The number of primary amides is 1. The van der Waals surface area contributed by atoms with Gasteiger partial charge in [-0.3, -0.25) is 14.6 Å². The third-order valence-electron chi connectivity index (χ3n) is 5.08. The number of hydrogen-bond donors (Lipinski definition) is 2. The summed E-state index contributed by atoms with van der Waals surface area (Å²) in [5, 5.41) is 3.85. The van der Waals surface area contributed by atoms with Crippen LogP contribution in [0.15, 0.2) is 0 Å². The second kappa shape index (κ2) is 6.00. The van der Waals surface area contributed by atoms with E-state index in [1.165, 1.54) is 25.8 Å². The van der Waals surface area contributed by atoms with Crippen LogP contribution in [-0.2, 0) is 4.79 Å². The molecule has 3 N–H and O–H groups in total. The lowest BCUT2D eigenvalue weighted by Gasteiger charge is -2.33. The highest BCUT2D eigenvalue weighted by Gasteiger charge is 2.39. The topological polar surface area (TPSA) is 61.6 Å². The number of nitrogens with one attached hydrogen (secondary N) is 1. The second-order valence-electron chi connectivity index (χ2n) is 6.89. The molecule has 1 saturated carbocycles. The average molecular weight is 280 g/mol. The predicted octanol–water partition coefficient (Wildman–Crippen LogP) is 0.151. The number of carbonyl (C=O) groups is 1. The molecule has 1 aliphatic carbocycles. The minimum absolute atomic E-state index is 0.207. The molecule has 0 unspecified atom stereocenters. The van der Waals surface area contributed by atoms with Crippen molar-refractivity contribution in [2.45, 2.75) is 63.2 Å². The van der Waals surface area contributed by atoms with Crippen LogP contribution in [0.3, 0.4) is 0 Å². The van der Waals surface area contributed by atoms with Crippen LogP contribution in [0.2, 0.25) is 0 Å². The van der Waals surface area contributed by atoms with E-state index in [1.807, 2.05) is 0 Å². The van der Waals surface area contributed by atoms with Crippen LogP contribution in [0.1, 0.15) is 39.0 Å². The Hall–Kier alpha value is -0.650. The van der Waals surface area contributed by atoms with Gasteiger partial charge in [-0.15, -0.1) is 0 Å². The number of piperidine rings is 1. The van der Waals surface area contributed by atoms with Gasteiger partial charge < -0.3 is 11.1 Å². The molecule has 2 heterocycles. The van der Waals surface area contributed by atoms with Crippen LogP contribution < -0.4 is 11.1 Å².